The van der Waals surface area contributed by atoms with Crippen LogP contribution in [0.5, 0.6) is 5.75 Å². The Bertz CT molecular complexity index is 963. The smallest absolute Gasteiger partial charge is 0.191 e. The van der Waals surface area contributed by atoms with Crippen molar-refractivity contribution in [2.45, 2.75) is 33.9 Å². The number of para-hydroxylation sites is 2. The van der Waals surface area contributed by atoms with Crippen molar-refractivity contribution in [3.63, 3.8) is 0 Å². The number of hydrogen-bond acceptors (Lipinski definition) is 3. The van der Waals surface area contributed by atoms with Gasteiger partial charge in [0.15, 0.2) is 5.96 Å². The van der Waals surface area contributed by atoms with Gasteiger partial charge in [-0.15, -0.1) is 0 Å². The summed E-state index contributed by atoms with van der Waals surface area (Å²) in [5, 5.41) is 11.5. The van der Waals surface area contributed by atoms with E-state index >= 15 is 0 Å². The number of aromatic nitrogens is 2. The Morgan fingerprint density at radius 2 is 1.76 bits per heavy atom. The summed E-state index contributed by atoms with van der Waals surface area (Å²) in [6, 6.07) is 18.1. The first-order valence-corrected chi connectivity index (χ1v) is 9.88. The highest BCUT2D eigenvalue weighted by Crippen LogP contribution is 2.19. The average Bonchev–Trinajstić information content (AvgIpc) is 3.04. The van der Waals surface area contributed by atoms with Crippen LogP contribution >= 0.6 is 0 Å². The molecule has 0 saturated heterocycles. The van der Waals surface area contributed by atoms with Crippen LogP contribution in [0.25, 0.3) is 5.69 Å². The number of aliphatic imine (C=N–C) groups is 1. The van der Waals surface area contributed by atoms with Crippen LogP contribution in [0.4, 0.5) is 0 Å². The Morgan fingerprint density at radius 1 is 1.03 bits per heavy atom. The van der Waals surface area contributed by atoms with Gasteiger partial charge in [0.2, 0.25) is 0 Å². The molecule has 0 bridgehead atoms. The van der Waals surface area contributed by atoms with E-state index in [-0.39, 0.29) is 0 Å². The molecule has 0 atom stereocenters. The molecule has 0 saturated carbocycles. The Labute approximate surface area is 172 Å². The van der Waals surface area contributed by atoms with E-state index in [2.05, 4.69) is 36.6 Å². The molecule has 1 heterocycles. The molecule has 2 aromatic carbocycles. The van der Waals surface area contributed by atoms with Crippen molar-refractivity contribution in [2.75, 3.05) is 13.7 Å². The lowest BCUT2D eigenvalue weighted by atomic mass is 10.2. The summed E-state index contributed by atoms with van der Waals surface area (Å²) in [6.45, 7) is 8.19. The van der Waals surface area contributed by atoms with E-state index in [9.17, 15) is 0 Å². The maximum absolute atomic E-state index is 5.42. The second-order valence-electron chi connectivity index (χ2n) is 6.76. The molecule has 29 heavy (non-hydrogen) atoms. The van der Waals surface area contributed by atoms with E-state index in [0.29, 0.717) is 13.1 Å². The van der Waals surface area contributed by atoms with Gasteiger partial charge in [-0.1, -0.05) is 36.4 Å². The number of aryl methyl sites for hydroxylation is 1. The highest BCUT2D eigenvalue weighted by Gasteiger charge is 2.13. The summed E-state index contributed by atoms with van der Waals surface area (Å²) >= 11 is 0. The molecule has 0 aliphatic rings. The third-order valence-electron chi connectivity index (χ3n) is 4.82. The van der Waals surface area contributed by atoms with Crippen molar-refractivity contribution in [1.82, 2.24) is 20.4 Å². The van der Waals surface area contributed by atoms with Crippen LogP contribution in [-0.2, 0) is 13.1 Å². The van der Waals surface area contributed by atoms with Crippen LogP contribution in [0, 0.1) is 13.8 Å². The number of rotatable bonds is 7. The summed E-state index contributed by atoms with van der Waals surface area (Å²) in [7, 11) is 1.68. The molecule has 2 N–H and O–H groups in total. The summed E-state index contributed by atoms with van der Waals surface area (Å²) in [4.78, 5) is 4.72. The first kappa shape index (κ1) is 20.5. The topological polar surface area (TPSA) is 63.5 Å². The van der Waals surface area contributed by atoms with Crippen molar-refractivity contribution < 1.29 is 4.74 Å². The second-order valence-corrected chi connectivity index (χ2v) is 6.76. The van der Waals surface area contributed by atoms with Crippen molar-refractivity contribution in [2.24, 2.45) is 4.99 Å². The summed E-state index contributed by atoms with van der Waals surface area (Å²) < 4.78 is 7.41. The van der Waals surface area contributed by atoms with Crippen molar-refractivity contribution in [1.29, 1.82) is 0 Å². The molecule has 0 fully saturated rings. The molecule has 6 heteroatoms. The molecule has 0 aliphatic carbocycles. The lowest BCUT2D eigenvalue weighted by Gasteiger charge is -2.13. The molecular formula is C23H29N5O. The lowest BCUT2D eigenvalue weighted by Crippen LogP contribution is -2.37. The monoisotopic (exact) mass is 391 g/mol. The number of nitrogens with one attached hydrogen (secondary N) is 2. The van der Waals surface area contributed by atoms with Crippen LogP contribution in [-0.4, -0.2) is 29.4 Å². The maximum Gasteiger partial charge on any atom is 0.191 e. The zero-order valence-corrected chi connectivity index (χ0v) is 17.6. The van der Waals surface area contributed by atoms with Crippen LogP contribution in [0.15, 0.2) is 59.6 Å². The Kier molecular flexibility index (Phi) is 6.89. The Balaban J connectivity index is 1.75. The maximum atomic E-state index is 5.42. The van der Waals surface area contributed by atoms with Gasteiger partial charge in [-0.2, -0.15) is 5.10 Å². The normalized spacial score (nSPS) is 11.4. The highest BCUT2D eigenvalue weighted by molar-refractivity contribution is 5.79. The predicted octanol–water partition coefficient (Wildman–Crippen LogP) is 3.75. The molecule has 0 radical (unpaired) electrons. The SMILES string of the molecule is CCNC(=NCc1ccccc1OC)NCc1c(C)nn(-c2ccccc2)c1C. The molecule has 6 nitrogen and oxygen atoms in total. The average molecular weight is 392 g/mol. The van der Waals surface area contributed by atoms with Gasteiger partial charge in [0.25, 0.3) is 0 Å². The summed E-state index contributed by atoms with van der Waals surface area (Å²) in [5.41, 5.74) is 5.44. The standard InChI is InChI=1S/C23H29N5O/c1-5-24-23(25-15-19-11-9-10-14-22(19)29-4)26-16-21-17(2)27-28(18(21)3)20-12-7-6-8-13-20/h6-14H,5,15-16H2,1-4H3,(H2,24,25,26). The van der Waals surface area contributed by atoms with Crippen LogP contribution in [0.3, 0.4) is 0 Å². The van der Waals surface area contributed by atoms with Gasteiger partial charge in [0.05, 0.1) is 25.0 Å². The molecule has 152 valence electrons. The number of nitrogens with zero attached hydrogens (tertiary/aromatic N) is 3. The zero-order valence-electron chi connectivity index (χ0n) is 17.6. The van der Waals surface area contributed by atoms with Gasteiger partial charge >= 0.3 is 0 Å². The van der Waals surface area contributed by atoms with Crippen molar-refractivity contribution in [3.8, 4) is 11.4 Å². The fourth-order valence-electron chi connectivity index (χ4n) is 3.26. The molecular weight excluding hydrogens is 362 g/mol. The quantitative estimate of drug-likeness (QED) is 0.476. The number of hydrogen-bond donors (Lipinski definition) is 2. The van der Waals surface area contributed by atoms with Gasteiger partial charge < -0.3 is 15.4 Å². The minimum absolute atomic E-state index is 0.542. The van der Waals surface area contributed by atoms with E-state index in [4.69, 9.17) is 14.8 Å². The minimum Gasteiger partial charge on any atom is -0.496 e. The van der Waals surface area contributed by atoms with Gasteiger partial charge in [-0.3, -0.25) is 0 Å². The third kappa shape index (κ3) is 4.96. The second kappa shape index (κ2) is 9.78. The van der Waals surface area contributed by atoms with E-state index in [1.165, 1.54) is 5.56 Å². The highest BCUT2D eigenvalue weighted by atomic mass is 16.5. The van der Waals surface area contributed by atoms with Gasteiger partial charge in [-0.25, -0.2) is 9.67 Å². The Morgan fingerprint density at radius 3 is 2.48 bits per heavy atom. The molecule has 0 amide bonds. The molecule has 1 aromatic heterocycles. The zero-order chi connectivity index (χ0) is 20.6. The van der Waals surface area contributed by atoms with E-state index in [1.807, 2.05) is 54.1 Å². The fraction of sp³-hybridized carbons (Fsp3) is 0.304. The van der Waals surface area contributed by atoms with Crippen LogP contribution < -0.4 is 15.4 Å². The van der Waals surface area contributed by atoms with Crippen molar-refractivity contribution >= 4 is 5.96 Å². The number of ether oxygens (including phenoxy) is 1. The molecule has 3 aromatic rings. The van der Waals surface area contributed by atoms with Crippen molar-refractivity contribution in [3.05, 3.63) is 77.1 Å². The van der Waals surface area contributed by atoms with Crippen LogP contribution in [0.1, 0.15) is 29.4 Å². The lowest BCUT2D eigenvalue weighted by molar-refractivity contribution is 0.410. The summed E-state index contributed by atoms with van der Waals surface area (Å²) in [5.74, 6) is 1.62. The molecule has 0 spiro atoms. The van der Waals surface area contributed by atoms with Gasteiger partial charge in [0, 0.05) is 29.9 Å². The van der Waals surface area contributed by atoms with Crippen LogP contribution in [0.2, 0.25) is 0 Å². The first-order chi connectivity index (χ1) is 14.1. The molecule has 0 unspecified atom stereocenters. The molecule has 3 rings (SSSR count). The number of methoxy groups -OCH3 is 1. The fourth-order valence-corrected chi connectivity index (χ4v) is 3.26. The molecule has 0 aliphatic heterocycles. The number of guanidine groups is 1. The largest absolute Gasteiger partial charge is 0.496 e. The van der Waals surface area contributed by atoms with E-state index in [0.717, 1.165) is 40.9 Å². The number of benzene rings is 2. The van der Waals surface area contributed by atoms with E-state index < -0.39 is 0 Å². The minimum atomic E-state index is 0.542. The van der Waals surface area contributed by atoms with Gasteiger partial charge in [-0.05, 0) is 39.0 Å². The van der Waals surface area contributed by atoms with Gasteiger partial charge in [0.1, 0.15) is 5.75 Å². The van der Waals surface area contributed by atoms with E-state index in [1.54, 1.807) is 7.11 Å². The first-order valence-electron chi connectivity index (χ1n) is 9.88. The predicted molar refractivity (Wildman–Crippen MR) is 118 cm³/mol. The Hall–Kier alpha value is -3.28. The third-order valence-corrected chi connectivity index (χ3v) is 4.82. The summed E-state index contributed by atoms with van der Waals surface area (Å²) in [6.07, 6.45) is 0.